The maximum atomic E-state index is 12.8. The van der Waals surface area contributed by atoms with Crippen LogP contribution in [0, 0.1) is 6.92 Å². The molecule has 1 fully saturated rings. The Morgan fingerprint density at radius 2 is 2.24 bits per heavy atom. The Morgan fingerprint density at radius 1 is 1.32 bits per heavy atom. The van der Waals surface area contributed by atoms with Gasteiger partial charge in [0.05, 0.1) is 10.8 Å². The minimum absolute atomic E-state index is 0.0754. The van der Waals surface area contributed by atoms with E-state index in [0.29, 0.717) is 18.3 Å². The van der Waals surface area contributed by atoms with E-state index in [0.717, 1.165) is 35.4 Å². The van der Waals surface area contributed by atoms with E-state index >= 15 is 0 Å². The van der Waals surface area contributed by atoms with Gasteiger partial charge in [0.2, 0.25) is 11.7 Å². The van der Waals surface area contributed by atoms with Crippen molar-refractivity contribution in [2.45, 2.75) is 25.7 Å². The van der Waals surface area contributed by atoms with Crippen molar-refractivity contribution in [1.29, 1.82) is 0 Å². The van der Waals surface area contributed by atoms with Crippen molar-refractivity contribution in [3.8, 4) is 10.7 Å². The smallest absolute Gasteiger partial charge is 0.253 e. The van der Waals surface area contributed by atoms with Crippen LogP contribution in [0.25, 0.3) is 10.7 Å². The van der Waals surface area contributed by atoms with Crippen LogP contribution in [0.2, 0.25) is 0 Å². The van der Waals surface area contributed by atoms with Crippen LogP contribution in [0.1, 0.15) is 40.6 Å². The maximum absolute atomic E-state index is 12.8. The number of thiophene rings is 1. The van der Waals surface area contributed by atoms with E-state index in [1.54, 1.807) is 11.3 Å². The number of carbonyl (C=O) groups excluding carboxylic acids is 1. The lowest BCUT2D eigenvalue weighted by atomic mass is 9.97. The molecule has 0 aliphatic carbocycles. The van der Waals surface area contributed by atoms with E-state index in [4.69, 9.17) is 4.52 Å². The molecule has 5 nitrogen and oxygen atoms in total. The number of aromatic nitrogens is 2. The fraction of sp³-hybridized carbons (Fsp3) is 0.316. The summed E-state index contributed by atoms with van der Waals surface area (Å²) in [7, 11) is 0. The average Bonchev–Trinajstić information content (AvgIpc) is 3.32. The minimum atomic E-state index is 0.0754. The number of aryl methyl sites for hydroxylation is 1. The monoisotopic (exact) mass is 353 g/mol. The van der Waals surface area contributed by atoms with Crippen LogP contribution in [0.5, 0.6) is 0 Å². The number of rotatable bonds is 3. The van der Waals surface area contributed by atoms with Gasteiger partial charge in [0.1, 0.15) is 0 Å². The van der Waals surface area contributed by atoms with Gasteiger partial charge in [-0.05, 0) is 43.3 Å². The van der Waals surface area contributed by atoms with Gasteiger partial charge in [0.25, 0.3) is 5.91 Å². The van der Waals surface area contributed by atoms with Gasteiger partial charge >= 0.3 is 0 Å². The predicted octanol–water partition coefficient (Wildman–Crippen LogP) is 4.13. The number of nitrogens with zero attached hydrogens (tertiary/aromatic N) is 3. The van der Waals surface area contributed by atoms with Crippen LogP contribution in [0.15, 0.2) is 46.3 Å². The fourth-order valence-electron chi connectivity index (χ4n) is 3.23. The maximum Gasteiger partial charge on any atom is 0.253 e. The Bertz CT molecular complexity index is 872. The van der Waals surface area contributed by atoms with Crippen LogP contribution in [-0.2, 0) is 0 Å². The van der Waals surface area contributed by atoms with Gasteiger partial charge in [-0.15, -0.1) is 11.3 Å². The molecule has 0 spiro atoms. The van der Waals surface area contributed by atoms with Crippen molar-refractivity contribution in [1.82, 2.24) is 15.0 Å². The van der Waals surface area contributed by atoms with Gasteiger partial charge in [0, 0.05) is 18.7 Å². The molecule has 1 aromatic carbocycles. The second-order valence-corrected chi connectivity index (χ2v) is 7.34. The van der Waals surface area contributed by atoms with E-state index < -0.39 is 0 Å². The molecular weight excluding hydrogens is 334 g/mol. The number of piperidine rings is 1. The quantitative estimate of drug-likeness (QED) is 0.710. The van der Waals surface area contributed by atoms with E-state index in [2.05, 4.69) is 10.1 Å². The molecule has 1 amide bonds. The second-order valence-electron chi connectivity index (χ2n) is 6.39. The molecule has 0 N–H and O–H groups in total. The normalized spacial score (nSPS) is 17.6. The molecule has 3 heterocycles. The van der Waals surface area contributed by atoms with Crippen molar-refractivity contribution in [3.05, 3.63) is 58.8 Å². The number of hydrogen-bond acceptors (Lipinski definition) is 5. The summed E-state index contributed by atoms with van der Waals surface area (Å²) < 4.78 is 5.49. The number of amides is 1. The van der Waals surface area contributed by atoms with Gasteiger partial charge in [-0.1, -0.05) is 28.9 Å². The first kappa shape index (κ1) is 16.0. The number of hydrogen-bond donors (Lipinski definition) is 0. The van der Waals surface area contributed by atoms with Gasteiger partial charge in [-0.25, -0.2) is 0 Å². The van der Waals surface area contributed by atoms with Crippen molar-refractivity contribution >= 4 is 17.2 Å². The molecule has 25 heavy (non-hydrogen) atoms. The summed E-state index contributed by atoms with van der Waals surface area (Å²) in [5.74, 6) is 1.44. The first-order chi connectivity index (χ1) is 12.2. The fourth-order valence-corrected chi connectivity index (χ4v) is 3.88. The third kappa shape index (κ3) is 3.35. The number of carbonyl (C=O) groups is 1. The minimum Gasteiger partial charge on any atom is -0.339 e. The summed E-state index contributed by atoms with van der Waals surface area (Å²) in [6.07, 6.45) is 1.91. The Balaban J connectivity index is 1.50. The van der Waals surface area contributed by atoms with Crippen molar-refractivity contribution in [2.24, 2.45) is 0 Å². The second kappa shape index (κ2) is 6.80. The van der Waals surface area contributed by atoms with Gasteiger partial charge < -0.3 is 9.42 Å². The zero-order valence-corrected chi connectivity index (χ0v) is 14.8. The molecule has 1 aliphatic rings. The topological polar surface area (TPSA) is 59.2 Å². The molecule has 0 unspecified atom stereocenters. The van der Waals surface area contributed by atoms with Gasteiger partial charge in [-0.3, -0.25) is 4.79 Å². The summed E-state index contributed by atoms with van der Waals surface area (Å²) in [6, 6.07) is 11.7. The van der Waals surface area contributed by atoms with E-state index in [9.17, 15) is 4.79 Å². The van der Waals surface area contributed by atoms with Crippen molar-refractivity contribution < 1.29 is 9.32 Å². The zero-order valence-electron chi connectivity index (χ0n) is 14.0. The Hall–Kier alpha value is -2.47. The van der Waals surface area contributed by atoms with Crippen LogP contribution in [-0.4, -0.2) is 34.0 Å². The molecular formula is C19H19N3O2S. The summed E-state index contributed by atoms with van der Waals surface area (Å²) in [5, 5.41) is 6.09. The molecule has 0 radical (unpaired) electrons. The molecule has 1 aliphatic heterocycles. The van der Waals surface area contributed by atoms with Crippen LogP contribution in [0.3, 0.4) is 0 Å². The Labute approximate surface area is 150 Å². The molecule has 1 atom stereocenters. The highest BCUT2D eigenvalue weighted by Crippen LogP contribution is 2.29. The summed E-state index contributed by atoms with van der Waals surface area (Å²) in [6.45, 7) is 3.40. The third-order valence-electron chi connectivity index (χ3n) is 4.51. The molecule has 4 rings (SSSR count). The molecule has 2 aromatic heterocycles. The Kier molecular flexibility index (Phi) is 4.36. The molecule has 3 aromatic rings. The standard InChI is InChI=1S/C19H19N3O2S/c1-13-5-2-6-14(11-13)19(23)22-9-3-7-15(12-22)18-20-17(21-24-18)16-8-4-10-25-16/h2,4-6,8,10-11,15H,3,7,9,12H2,1H3/t15-/m1/s1. The molecule has 0 saturated carbocycles. The summed E-state index contributed by atoms with van der Waals surface area (Å²) in [5.41, 5.74) is 1.84. The van der Waals surface area contributed by atoms with E-state index in [1.807, 2.05) is 53.6 Å². The number of benzene rings is 1. The lowest BCUT2D eigenvalue weighted by Crippen LogP contribution is -2.39. The lowest BCUT2D eigenvalue weighted by Gasteiger charge is -2.31. The molecule has 6 heteroatoms. The number of likely N-dealkylation sites (tertiary alicyclic amines) is 1. The van der Waals surface area contributed by atoms with E-state index in [1.165, 1.54) is 0 Å². The largest absolute Gasteiger partial charge is 0.339 e. The molecule has 128 valence electrons. The highest BCUT2D eigenvalue weighted by Gasteiger charge is 2.29. The van der Waals surface area contributed by atoms with Gasteiger partial charge in [-0.2, -0.15) is 4.98 Å². The summed E-state index contributed by atoms with van der Waals surface area (Å²) >= 11 is 1.59. The zero-order chi connectivity index (χ0) is 17.2. The first-order valence-electron chi connectivity index (χ1n) is 8.44. The lowest BCUT2D eigenvalue weighted by molar-refractivity contribution is 0.0695. The molecule has 1 saturated heterocycles. The molecule has 0 bridgehead atoms. The average molecular weight is 353 g/mol. The Morgan fingerprint density at radius 3 is 3.04 bits per heavy atom. The van der Waals surface area contributed by atoms with Crippen LogP contribution < -0.4 is 0 Å². The third-order valence-corrected chi connectivity index (χ3v) is 5.37. The van der Waals surface area contributed by atoms with Crippen molar-refractivity contribution in [2.75, 3.05) is 13.1 Å². The SMILES string of the molecule is Cc1cccc(C(=O)N2CCC[C@@H](c3nc(-c4cccs4)no3)C2)c1. The van der Waals surface area contributed by atoms with E-state index in [-0.39, 0.29) is 11.8 Å². The highest BCUT2D eigenvalue weighted by atomic mass is 32.1. The van der Waals surface area contributed by atoms with Crippen LogP contribution in [0.4, 0.5) is 0 Å². The summed E-state index contributed by atoms with van der Waals surface area (Å²) in [4.78, 5) is 20.2. The predicted molar refractivity (Wildman–Crippen MR) is 96.7 cm³/mol. The van der Waals surface area contributed by atoms with Crippen LogP contribution >= 0.6 is 11.3 Å². The highest BCUT2D eigenvalue weighted by molar-refractivity contribution is 7.13. The van der Waals surface area contributed by atoms with Crippen molar-refractivity contribution in [3.63, 3.8) is 0 Å². The first-order valence-corrected chi connectivity index (χ1v) is 9.32. The van der Waals surface area contributed by atoms with Gasteiger partial charge in [0.15, 0.2) is 0 Å².